The molecule has 1 amide bonds. The summed E-state index contributed by atoms with van der Waals surface area (Å²) in [4.78, 5) is 26.4. The SMILES string of the molecule is Cc1cc(C(=O)CCC(=O)NC(C)(CN)C2CC2)c(C)s1.Cl. The summed E-state index contributed by atoms with van der Waals surface area (Å²) < 4.78 is 0. The Morgan fingerprint density at radius 1 is 1.36 bits per heavy atom. The van der Waals surface area contributed by atoms with Crippen molar-refractivity contribution in [2.24, 2.45) is 11.7 Å². The Bertz CT molecular complexity index is 554. The normalized spacial score (nSPS) is 16.5. The molecule has 3 N–H and O–H groups in total. The van der Waals surface area contributed by atoms with Crippen LogP contribution in [0.1, 0.15) is 52.7 Å². The van der Waals surface area contributed by atoms with Crippen LogP contribution in [0.25, 0.3) is 0 Å². The monoisotopic (exact) mass is 344 g/mol. The zero-order chi connectivity index (χ0) is 15.6. The molecule has 4 nitrogen and oxygen atoms in total. The fraction of sp³-hybridized carbons (Fsp3) is 0.625. The highest BCUT2D eigenvalue weighted by Crippen LogP contribution is 2.39. The van der Waals surface area contributed by atoms with Crippen LogP contribution in [-0.2, 0) is 4.79 Å². The molecule has 0 aliphatic heterocycles. The molecule has 1 aliphatic rings. The Balaban J connectivity index is 0.00000242. The number of hydrogen-bond acceptors (Lipinski definition) is 4. The highest BCUT2D eigenvalue weighted by molar-refractivity contribution is 7.12. The summed E-state index contributed by atoms with van der Waals surface area (Å²) in [5.74, 6) is 0.463. The lowest BCUT2D eigenvalue weighted by molar-refractivity contribution is -0.123. The van der Waals surface area contributed by atoms with Crippen LogP contribution >= 0.6 is 23.7 Å². The van der Waals surface area contributed by atoms with Crippen LogP contribution in [0.4, 0.5) is 0 Å². The number of halogens is 1. The highest BCUT2D eigenvalue weighted by atomic mass is 35.5. The van der Waals surface area contributed by atoms with Gasteiger partial charge in [-0.3, -0.25) is 9.59 Å². The van der Waals surface area contributed by atoms with Crippen LogP contribution in [-0.4, -0.2) is 23.8 Å². The third-order valence-electron chi connectivity index (χ3n) is 4.25. The van der Waals surface area contributed by atoms with Crippen molar-refractivity contribution in [3.05, 3.63) is 21.4 Å². The summed E-state index contributed by atoms with van der Waals surface area (Å²) in [7, 11) is 0. The van der Waals surface area contributed by atoms with Crippen molar-refractivity contribution in [1.82, 2.24) is 5.32 Å². The topological polar surface area (TPSA) is 72.2 Å². The molecule has 2 rings (SSSR count). The summed E-state index contributed by atoms with van der Waals surface area (Å²) in [5.41, 5.74) is 6.23. The van der Waals surface area contributed by atoms with E-state index in [2.05, 4.69) is 5.32 Å². The van der Waals surface area contributed by atoms with Gasteiger partial charge in [0, 0.05) is 34.7 Å². The Hall–Kier alpha value is -0.910. The first-order valence-electron chi connectivity index (χ1n) is 7.47. The fourth-order valence-electron chi connectivity index (χ4n) is 2.69. The molecule has 1 atom stereocenters. The third-order valence-corrected chi connectivity index (χ3v) is 5.21. The summed E-state index contributed by atoms with van der Waals surface area (Å²) in [5, 5.41) is 3.02. The first kappa shape index (κ1) is 19.1. The van der Waals surface area contributed by atoms with E-state index in [1.54, 1.807) is 11.3 Å². The molecule has 22 heavy (non-hydrogen) atoms. The van der Waals surface area contributed by atoms with E-state index in [9.17, 15) is 9.59 Å². The molecule has 124 valence electrons. The second-order valence-electron chi connectivity index (χ2n) is 6.19. The maximum Gasteiger partial charge on any atom is 0.220 e. The smallest absolute Gasteiger partial charge is 0.220 e. The van der Waals surface area contributed by atoms with E-state index < -0.39 is 0 Å². The molecule has 0 aromatic carbocycles. The average Bonchev–Trinajstić information content (AvgIpc) is 3.22. The quantitative estimate of drug-likeness (QED) is 0.747. The second kappa shape index (κ2) is 7.57. The van der Waals surface area contributed by atoms with Gasteiger partial charge in [0.2, 0.25) is 5.91 Å². The first-order valence-corrected chi connectivity index (χ1v) is 8.28. The minimum absolute atomic E-state index is 0. The summed E-state index contributed by atoms with van der Waals surface area (Å²) >= 11 is 1.62. The number of nitrogens with one attached hydrogen (secondary N) is 1. The number of ketones is 1. The average molecular weight is 345 g/mol. The Morgan fingerprint density at radius 2 is 2.00 bits per heavy atom. The van der Waals surface area contributed by atoms with E-state index >= 15 is 0 Å². The molecule has 0 radical (unpaired) electrons. The van der Waals surface area contributed by atoms with Crippen molar-refractivity contribution in [2.45, 2.75) is 52.0 Å². The first-order chi connectivity index (χ1) is 9.85. The third kappa shape index (κ3) is 4.54. The van der Waals surface area contributed by atoms with Gasteiger partial charge in [0.05, 0.1) is 5.54 Å². The van der Waals surface area contributed by atoms with Gasteiger partial charge in [0.1, 0.15) is 0 Å². The standard InChI is InChI=1S/C16H24N2O2S.ClH/c1-10-8-13(11(2)21-10)14(19)6-7-15(20)18-16(3,9-17)12-4-5-12;/h8,12H,4-7,9,17H2,1-3H3,(H,18,20);1H. The Kier molecular flexibility index (Phi) is 6.59. The molecule has 1 aromatic rings. The van der Waals surface area contributed by atoms with E-state index in [0.717, 1.165) is 28.2 Å². The molecule has 6 heteroatoms. The van der Waals surface area contributed by atoms with Crippen LogP contribution in [0.5, 0.6) is 0 Å². The van der Waals surface area contributed by atoms with Gasteiger partial charge in [0.15, 0.2) is 5.78 Å². The van der Waals surface area contributed by atoms with Gasteiger partial charge in [-0.05, 0) is 45.6 Å². The van der Waals surface area contributed by atoms with E-state index in [1.165, 1.54) is 0 Å². The van der Waals surface area contributed by atoms with Crippen LogP contribution in [0.15, 0.2) is 6.07 Å². The molecule has 1 saturated carbocycles. The van der Waals surface area contributed by atoms with Crippen LogP contribution < -0.4 is 11.1 Å². The molecule has 1 fully saturated rings. The number of carbonyl (C=O) groups excluding carboxylic acids is 2. The maximum absolute atomic E-state index is 12.2. The minimum atomic E-state index is -0.310. The summed E-state index contributed by atoms with van der Waals surface area (Å²) in [6.07, 6.45) is 2.74. The summed E-state index contributed by atoms with van der Waals surface area (Å²) in [6.45, 7) is 6.38. The molecule has 1 unspecified atom stereocenters. The van der Waals surface area contributed by atoms with Gasteiger partial charge in [-0.25, -0.2) is 0 Å². The Morgan fingerprint density at radius 3 is 2.45 bits per heavy atom. The zero-order valence-electron chi connectivity index (χ0n) is 13.4. The molecule has 1 aromatic heterocycles. The van der Waals surface area contributed by atoms with Gasteiger partial charge in [0.25, 0.3) is 0 Å². The van der Waals surface area contributed by atoms with E-state index in [-0.39, 0.29) is 42.5 Å². The van der Waals surface area contributed by atoms with E-state index in [1.807, 2.05) is 26.8 Å². The Labute approximate surface area is 142 Å². The molecule has 0 bridgehead atoms. The number of amides is 1. The van der Waals surface area contributed by atoms with Crippen molar-refractivity contribution in [1.29, 1.82) is 0 Å². The molecular formula is C16H25ClN2O2S. The van der Waals surface area contributed by atoms with Gasteiger partial charge >= 0.3 is 0 Å². The fourth-order valence-corrected chi connectivity index (χ4v) is 3.63. The van der Waals surface area contributed by atoms with Crippen molar-refractivity contribution in [3.8, 4) is 0 Å². The lowest BCUT2D eigenvalue weighted by Crippen LogP contribution is -2.53. The number of aryl methyl sites for hydroxylation is 2. The summed E-state index contributed by atoms with van der Waals surface area (Å²) in [6, 6.07) is 1.91. The van der Waals surface area contributed by atoms with Crippen molar-refractivity contribution < 1.29 is 9.59 Å². The van der Waals surface area contributed by atoms with Crippen LogP contribution in [0.3, 0.4) is 0 Å². The van der Waals surface area contributed by atoms with Crippen LogP contribution in [0, 0.1) is 19.8 Å². The van der Waals surface area contributed by atoms with Crippen LogP contribution in [0.2, 0.25) is 0 Å². The number of Topliss-reactive ketones (excluding diaryl/α,β-unsaturated/α-hetero) is 1. The number of nitrogens with two attached hydrogens (primary N) is 1. The number of rotatable bonds is 7. The lowest BCUT2D eigenvalue weighted by Gasteiger charge is -2.29. The molecular weight excluding hydrogens is 320 g/mol. The van der Waals surface area contributed by atoms with Crippen molar-refractivity contribution in [3.63, 3.8) is 0 Å². The maximum atomic E-state index is 12.2. The molecule has 0 saturated heterocycles. The van der Waals surface area contributed by atoms with Gasteiger partial charge in [-0.1, -0.05) is 0 Å². The van der Waals surface area contributed by atoms with E-state index in [0.29, 0.717) is 12.5 Å². The molecule has 1 heterocycles. The number of hydrogen-bond donors (Lipinski definition) is 2. The van der Waals surface area contributed by atoms with Crippen molar-refractivity contribution in [2.75, 3.05) is 6.54 Å². The predicted octanol–water partition coefficient (Wildman–Crippen LogP) is 2.99. The lowest BCUT2D eigenvalue weighted by atomic mass is 9.95. The van der Waals surface area contributed by atoms with Gasteiger partial charge < -0.3 is 11.1 Å². The predicted molar refractivity (Wildman–Crippen MR) is 92.9 cm³/mol. The van der Waals surface area contributed by atoms with Crippen molar-refractivity contribution >= 4 is 35.4 Å². The van der Waals surface area contributed by atoms with Gasteiger partial charge in [-0.2, -0.15) is 0 Å². The highest BCUT2D eigenvalue weighted by Gasteiger charge is 2.41. The molecule has 1 aliphatic carbocycles. The zero-order valence-corrected chi connectivity index (χ0v) is 15.0. The number of carbonyl (C=O) groups is 2. The van der Waals surface area contributed by atoms with Gasteiger partial charge in [-0.15, -0.1) is 23.7 Å². The minimum Gasteiger partial charge on any atom is -0.349 e. The van der Waals surface area contributed by atoms with E-state index in [4.69, 9.17) is 5.73 Å². The second-order valence-corrected chi connectivity index (χ2v) is 7.65. The number of thiophene rings is 1. The largest absolute Gasteiger partial charge is 0.349 e. The molecule has 0 spiro atoms.